The molecule has 136 valence electrons. The molecule has 0 heterocycles. The van der Waals surface area contributed by atoms with E-state index in [-0.39, 0.29) is 5.91 Å². The predicted molar refractivity (Wildman–Crippen MR) is 101 cm³/mol. The van der Waals surface area contributed by atoms with E-state index in [9.17, 15) is 14.4 Å². The highest BCUT2D eigenvalue weighted by molar-refractivity contribution is 9.10. The molecule has 8 heteroatoms. The van der Waals surface area contributed by atoms with E-state index in [1.165, 1.54) is 7.11 Å². The Labute approximate surface area is 159 Å². The number of benzene rings is 2. The molecular weight excluding hydrogens is 402 g/mol. The maximum absolute atomic E-state index is 12.1. The molecule has 0 fully saturated rings. The van der Waals surface area contributed by atoms with Crippen molar-refractivity contribution in [2.75, 3.05) is 12.4 Å². The molecule has 3 N–H and O–H groups in total. The quantitative estimate of drug-likeness (QED) is 0.649. The number of hydrogen-bond donors (Lipinski definition) is 3. The Hall–Kier alpha value is -2.87. The highest BCUT2D eigenvalue weighted by Crippen LogP contribution is 2.25. The minimum atomic E-state index is -0.473. The summed E-state index contributed by atoms with van der Waals surface area (Å²) in [7, 11) is 1.53. The number of hydrogen-bond acceptors (Lipinski definition) is 4. The number of nitrogens with one attached hydrogen (secondary N) is 3. The number of carbonyl (C=O) groups is 3. The highest BCUT2D eigenvalue weighted by atomic mass is 79.9. The molecule has 0 aromatic heterocycles. The zero-order chi connectivity index (χ0) is 19.1. The third-order valence-corrected chi connectivity index (χ3v) is 4.08. The van der Waals surface area contributed by atoms with Crippen LogP contribution in [0.4, 0.5) is 5.69 Å². The fraction of sp³-hybridized carbons (Fsp3) is 0.167. The molecule has 26 heavy (non-hydrogen) atoms. The Morgan fingerprint density at radius 1 is 0.962 bits per heavy atom. The molecule has 3 amide bonds. The molecule has 7 nitrogen and oxygen atoms in total. The standard InChI is InChI=1S/C18H18BrN3O4/c1-3-16(23)20-13-7-4-11(5-8-13)17(24)21-22-18(25)12-6-9-15(26-2)14(19)10-12/h4-10H,3H2,1-2H3,(H,20,23)(H,21,24)(H,22,25). The first-order valence-corrected chi connectivity index (χ1v) is 8.58. The highest BCUT2D eigenvalue weighted by Gasteiger charge is 2.11. The second-order valence-corrected chi connectivity index (χ2v) is 6.09. The van der Waals surface area contributed by atoms with Crippen LogP contribution in [0, 0.1) is 0 Å². The number of hydrazine groups is 1. The number of rotatable bonds is 5. The van der Waals surface area contributed by atoms with Crippen molar-refractivity contribution in [2.24, 2.45) is 0 Å². The summed E-state index contributed by atoms with van der Waals surface area (Å²) in [6.45, 7) is 1.75. The maximum atomic E-state index is 12.1. The molecule has 0 saturated heterocycles. The number of methoxy groups -OCH3 is 1. The lowest BCUT2D eigenvalue weighted by molar-refractivity contribution is -0.115. The molecule has 0 aliphatic heterocycles. The molecule has 0 aliphatic rings. The smallest absolute Gasteiger partial charge is 0.269 e. The second-order valence-electron chi connectivity index (χ2n) is 5.24. The largest absolute Gasteiger partial charge is 0.496 e. The minimum absolute atomic E-state index is 0.111. The monoisotopic (exact) mass is 419 g/mol. The van der Waals surface area contributed by atoms with Gasteiger partial charge in [0.25, 0.3) is 11.8 Å². The van der Waals surface area contributed by atoms with Gasteiger partial charge in [-0.1, -0.05) is 6.92 Å². The first-order chi connectivity index (χ1) is 12.4. The Kier molecular flexibility index (Phi) is 6.74. The topological polar surface area (TPSA) is 96.5 Å². The van der Waals surface area contributed by atoms with Gasteiger partial charge in [0.05, 0.1) is 11.6 Å². The molecule has 0 bridgehead atoms. The van der Waals surface area contributed by atoms with Crippen LogP contribution < -0.4 is 20.9 Å². The van der Waals surface area contributed by atoms with Crippen molar-refractivity contribution in [1.29, 1.82) is 0 Å². The Morgan fingerprint density at radius 2 is 1.54 bits per heavy atom. The number of ether oxygens (including phenoxy) is 1. The minimum Gasteiger partial charge on any atom is -0.496 e. The van der Waals surface area contributed by atoms with Crippen LogP contribution in [0.3, 0.4) is 0 Å². The van der Waals surface area contributed by atoms with E-state index in [2.05, 4.69) is 32.1 Å². The molecule has 2 aromatic carbocycles. The van der Waals surface area contributed by atoms with Crippen LogP contribution in [-0.4, -0.2) is 24.8 Å². The zero-order valence-corrected chi connectivity index (χ0v) is 15.8. The van der Waals surface area contributed by atoms with Crippen LogP contribution in [0.25, 0.3) is 0 Å². The van der Waals surface area contributed by atoms with Crippen LogP contribution in [0.15, 0.2) is 46.9 Å². The van der Waals surface area contributed by atoms with Gasteiger partial charge in [0.2, 0.25) is 5.91 Å². The van der Waals surface area contributed by atoms with Crippen molar-refractivity contribution in [3.8, 4) is 5.75 Å². The molecule has 2 rings (SSSR count). The normalized spacial score (nSPS) is 9.96. The molecule has 0 spiro atoms. The van der Waals surface area contributed by atoms with Crippen molar-refractivity contribution in [2.45, 2.75) is 13.3 Å². The first-order valence-electron chi connectivity index (χ1n) is 7.78. The van der Waals surface area contributed by atoms with Crippen molar-refractivity contribution < 1.29 is 19.1 Å². The summed E-state index contributed by atoms with van der Waals surface area (Å²) in [6, 6.07) is 11.1. The van der Waals surface area contributed by atoms with Crippen LogP contribution in [0.1, 0.15) is 34.1 Å². The van der Waals surface area contributed by atoms with Gasteiger partial charge >= 0.3 is 0 Å². The third kappa shape index (κ3) is 5.06. The Bertz CT molecular complexity index is 822. The Morgan fingerprint density at radius 3 is 2.08 bits per heavy atom. The van der Waals surface area contributed by atoms with Crippen molar-refractivity contribution in [3.05, 3.63) is 58.1 Å². The lowest BCUT2D eigenvalue weighted by Crippen LogP contribution is -2.41. The van der Waals surface area contributed by atoms with Crippen molar-refractivity contribution in [1.82, 2.24) is 10.9 Å². The van der Waals surface area contributed by atoms with Crippen LogP contribution >= 0.6 is 15.9 Å². The Balaban J connectivity index is 1.94. The summed E-state index contributed by atoms with van der Waals surface area (Å²) in [5, 5.41) is 2.69. The summed E-state index contributed by atoms with van der Waals surface area (Å²) >= 11 is 3.30. The van der Waals surface area contributed by atoms with Gasteiger partial charge in [0, 0.05) is 23.2 Å². The number of anilines is 1. The van der Waals surface area contributed by atoms with E-state index in [0.717, 1.165) is 0 Å². The fourth-order valence-corrected chi connectivity index (χ4v) is 2.56. The maximum Gasteiger partial charge on any atom is 0.269 e. The summed E-state index contributed by atoms with van der Waals surface area (Å²) < 4.78 is 5.73. The van der Waals surface area contributed by atoms with Crippen LogP contribution in [0.2, 0.25) is 0 Å². The van der Waals surface area contributed by atoms with E-state index in [4.69, 9.17) is 4.74 Å². The van der Waals surface area contributed by atoms with Crippen LogP contribution in [-0.2, 0) is 4.79 Å². The van der Waals surface area contributed by atoms with Gasteiger partial charge in [-0.05, 0) is 58.4 Å². The number of carbonyl (C=O) groups excluding carboxylic acids is 3. The summed E-state index contributed by atoms with van der Waals surface area (Å²) in [5.74, 6) is -0.450. The molecule has 0 aliphatic carbocycles. The fourth-order valence-electron chi connectivity index (χ4n) is 2.02. The van der Waals surface area contributed by atoms with E-state index in [0.29, 0.717) is 33.5 Å². The van der Waals surface area contributed by atoms with Gasteiger partial charge < -0.3 is 10.1 Å². The van der Waals surface area contributed by atoms with Gasteiger partial charge in [-0.25, -0.2) is 0 Å². The van der Waals surface area contributed by atoms with E-state index in [1.807, 2.05) is 0 Å². The third-order valence-electron chi connectivity index (χ3n) is 3.46. The summed E-state index contributed by atoms with van der Waals surface area (Å²) in [6.07, 6.45) is 0.371. The first kappa shape index (κ1) is 19.5. The predicted octanol–water partition coefficient (Wildman–Crippen LogP) is 2.88. The van der Waals surface area contributed by atoms with E-state index in [1.54, 1.807) is 49.4 Å². The van der Waals surface area contributed by atoms with E-state index >= 15 is 0 Å². The lowest BCUT2D eigenvalue weighted by Gasteiger charge is -2.09. The average molecular weight is 420 g/mol. The summed E-state index contributed by atoms with van der Waals surface area (Å²) in [5.41, 5.74) is 5.99. The van der Waals surface area contributed by atoms with Gasteiger partial charge in [-0.15, -0.1) is 0 Å². The zero-order valence-electron chi connectivity index (χ0n) is 14.3. The van der Waals surface area contributed by atoms with Crippen molar-refractivity contribution >= 4 is 39.3 Å². The van der Waals surface area contributed by atoms with Gasteiger partial charge in [-0.2, -0.15) is 0 Å². The molecule has 0 radical (unpaired) electrons. The van der Waals surface area contributed by atoms with Gasteiger partial charge in [0.15, 0.2) is 0 Å². The van der Waals surface area contributed by atoms with Crippen molar-refractivity contribution in [3.63, 3.8) is 0 Å². The molecule has 0 saturated carbocycles. The number of halogens is 1. The van der Waals surface area contributed by atoms with Crippen LogP contribution in [0.5, 0.6) is 5.75 Å². The average Bonchev–Trinajstić information content (AvgIpc) is 2.66. The summed E-state index contributed by atoms with van der Waals surface area (Å²) in [4.78, 5) is 35.5. The molecule has 2 aromatic rings. The second kappa shape index (κ2) is 9.00. The SMILES string of the molecule is CCC(=O)Nc1ccc(C(=O)NNC(=O)c2ccc(OC)c(Br)c2)cc1. The van der Waals surface area contributed by atoms with E-state index < -0.39 is 11.8 Å². The van der Waals surface area contributed by atoms with Gasteiger partial charge in [0.1, 0.15) is 5.75 Å². The number of amides is 3. The molecule has 0 unspecified atom stereocenters. The van der Waals surface area contributed by atoms with Gasteiger partial charge in [-0.3, -0.25) is 25.2 Å². The molecule has 0 atom stereocenters. The molecular formula is C18H18BrN3O4. The lowest BCUT2D eigenvalue weighted by atomic mass is 10.2.